The van der Waals surface area contributed by atoms with Crippen LogP contribution in [0.15, 0.2) is 18.2 Å². The topological polar surface area (TPSA) is 26.0 Å². The third kappa shape index (κ3) is 3.98. The van der Waals surface area contributed by atoms with Crippen molar-refractivity contribution in [3.05, 3.63) is 35.1 Å². The van der Waals surface area contributed by atoms with Crippen LogP contribution in [0.1, 0.15) is 23.6 Å². The van der Waals surface area contributed by atoms with Gasteiger partial charge in [0.2, 0.25) is 0 Å². The molecule has 1 atom stereocenters. The molecule has 0 aliphatic carbocycles. The zero-order valence-electron chi connectivity index (χ0n) is 8.51. The Kier molecular flexibility index (Phi) is 5.22. The summed E-state index contributed by atoms with van der Waals surface area (Å²) in [5.41, 5.74) is 5.74. The maximum absolute atomic E-state index is 13.0. The molecule has 0 bridgehead atoms. The summed E-state index contributed by atoms with van der Waals surface area (Å²) in [5.74, 6) is -0.537. The van der Waals surface area contributed by atoms with E-state index in [1.807, 2.05) is 0 Å². The van der Waals surface area contributed by atoms with Crippen molar-refractivity contribution >= 4 is 12.4 Å². The number of alkyl halides is 3. The number of benzene rings is 1. The molecule has 1 aromatic carbocycles. The highest BCUT2D eigenvalue weighted by Gasteiger charge is 2.31. The number of nitrogens with two attached hydrogens (primary N) is 1. The molecule has 0 aliphatic heterocycles. The molecule has 0 saturated heterocycles. The second-order valence-corrected chi connectivity index (χ2v) is 3.38. The highest BCUT2D eigenvalue weighted by atomic mass is 35.5. The van der Waals surface area contributed by atoms with Crippen molar-refractivity contribution in [3.63, 3.8) is 0 Å². The SMILES string of the molecule is Cc1c(F)cccc1[C@H](N)CC(F)(F)F.Cl. The van der Waals surface area contributed by atoms with Crippen LogP contribution in [0.4, 0.5) is 17.6 Å². The smallest absolute Gasteiger partial charge is 0.324 e. The van der Waals surface area contributed by atoms with Gasteiger partial charge in [0.05, 0.1) is 6.42 Å². The van der Waals surface area contributed by atoms with E-state index in [-0.39, 0.29) is 23.5 Å². The van der Waals surface area contributed by atoms with Gasteiger partial charge >= 0.3 is 6.18 Å². The van der Waals surface area contributed by atoms with Crippen LogP contribution in [0.2, 0.25) is 0 Å². The van der Waals surface area contributed by atoms with Crippen LogP contribution in [0, 0.1) is 12.7 Å². The van der Waals surface area contributed by atoms with Crippen molar-refractivity contribution in [3.8, 4) is 0 Å². The number of halogens is 5. The van der Waals surface area contributed by atoms with E-state index in [9.17, 15) is 17.6 Å². The van der Waals surface area contributed by atoms with E-state index < -0.39 is 24.5 Å². The van der Waals surface area contributed by atoms with Crippen molar-refractivity contribution in [1.29, 1.82) is 0 Å². The van der Waals surface area contributed by atoms with Crippen molar-refractivity contribution in [2.45, 2.75) is 25.6 Å². The highest BCUT2D eigenvalue weighted by Crippen LogP contribution is 2.29. The lowest BCUT2D eigenvalue weighted by Crippen LogP contribution is -2.21. The molecule has 0 saturated carbocycles. The van der Waals surface area contributed by atoms with E-state index in [0.717, 1.165) is 0 Å². The summed E-state index contributed by atoms with van der Waals surface area (Å²) in [6, 6.07) is 2.75. The summed E-state index contributed by atoms with van der Waals surface area (Å²) in [5, 5.41) is 0. The Bertz CT molecular complexity index is 351. The molecule has 0 spiro atoms. The van der Waals surface area contributed by atoms with Gasteiger partial charge < -0.3 is 5.73 Å². The maximum atomic E-state index is 13.0. The predicted octanol–water partition coefficient (Wildman–Crippen LogP) is 3.51. The molecule has 0 amide bonds. The average Bonchev–Trinajstić information content (AvgIpc) is 2.06. The van der Waals surface area contributed by atoms with Gasteiger partial charge in [0.15, 0.2) is 0 Å². The summed E-state index contributed by atoms with van der Waals surface area (Å²) >= 11 is 0. The molecule has 0 aromatic heterocycles. The zero-order chi connectivity index (χ0) is 11.6. The summed E-state index contributed by atoms with van der Waals surface area (Å²) in [6.45, 7) is 1.42. The molecular formula is C10H12ClF4N. The first-order chi connectivity index (χ1) is 6.81. The second kappa shape index (κ2) is 5.50. The van der Waals surface area contributed by atoms with Crippen LogP contribution < -0.4 is 5.73 Å². The zero-order valence-corrected chi connectivity index (χ0v) is 9.33. The van der Waals surface area contributed by atoms with Crippen molar-refractivity contribution < 1.29 is 17.6 Å². The first-order valence-corrected chi connectivity index (χ1v) is 4.38. The van der Waals surface area contributed by atoms with E-state index >= 15 is 0 Å². The first-order valence-electron chi connectivity index (χ1n) is 4.38. The summed E-state index contributed by atoms with van der Waals surface area (Å²) in [7, 11) is 0. The predicted molar refractivity (Wildman–Crippen MR) is 56.0 cm³/mol. The monoisotopic (exact) mass is 257 g/mol. The Morgan fingerprint density at radius 3 is 2.38 bits per heavy atom. The Morgan fingerprint density at radius 1 is 1.31 bits per heavy atom. The van der Waals surface area contributed by atoms with Crippen LogP contribution in [0.5, 0.6) is 0 Å². The van der Waals surface area contributed by atoms with E-state index in [4.69, 9.17) is 5.73 Å². The van der Waals surface area contributed by atoms with Gasteiger partial charge in [0, 0.05) is 6.04 Å². The summed E-state index contributed by atoms with van der Waals surface area (Å²) in [6.07, 6.45) is -5.48. The fourth-order valence-corrected chi connectivity index (χ4v) is 1.39. The van der Waals surface area contributed by atoms with Gasteiger partial charge in [-0.05, 0) is 24.1 Å². The van der Waals surface area contributed by atoms with Crippen LogP contribution in [0.25, 0.3) is 0 Å². The third-order valence-electron chi connectivity index (χ3n) is 2.16. The molecule has 16 heavy (non-hydrogen) atoms. The minimum atomic E-state index is -4.34. The molecule has 0 fully saturated rings. The number of rotatable bonds is 2. The highest BCUT2D eigenvalue weighted by molar-refractivity contribution is 5.85. The Labute approximate surface area is 97.0 Å². The van der Waals surface area contributed by atoms with Crippen LogP contribution >= 0.6 is 12.4 Å². The molecule has 1 rings (SSSR count). The van der Waals surface area contributed by atoms with Gasteiger partial charge in [-0.2, -0.15) is 13.2 Å². The lowest BCUT2D eigenvalue weighted by Gasteiger charge is -2.16. The number of hydrogen-bond donors (Lipinski definition) is 1. The van der Waals surface area contributed by atoms with E-state index in [0.29, 0.717) is 0 Å². The molecule has 2 N–H and O–H groups in total. The van der Waals surface area contributed by atoms with Crippen LogP contribution in [-0.4, -0.2) is 6.18 Å². The molecule has 0 unspecified atom stereocenters. The molecule has 0 aliphatic rings. The molecule has 0 heterocycles. The Morgan fingerprint density at radius 2 is 1.88 bits per heavy atom. The van der Waals surface area contributed by atoms with E-state index in [1.54, 1.807) is 0 Å². The normalized spacial score (nSPS) is 13.1. The van der Waals surface area contributed by atoms with Gasteiger partial charge in [-0.25, -0.2) is 4.39 Å². The minimum Gasteiger partial charge on any atom is -0.324 e. The Balaban J connectivity index is 0.00000225. The Hall–Kier alpha value is -0.810. The molecule has 0 radical (unpaired) electrons. The summed E-state index contributed by atoms with van der Waals surface area (Å²) < 4.78 is 49.2. The molecule has 1 nitrogen and oxygen atoms in total. The number of hydrogen-bond acceptors (Lipinski definition) is 1. The van der Waals surface area contributed by atoms with Gasteiger partial charge in [-0.15, -0.1) is 12.4 Å². The lowest BCUT2D eigenvalue weighted by atomic mass is 9.99. The molecule has 92 valence electrons. The van der Waals surface area contributed by atoms with Crippen molar-refractivity contribution in [1.82, 2.24) is 0 Å². The van der Waals surface area contributed by atoms with E-state index in [2.05, 4.69) is 0 Å². The minimum absolute atomic E-state index is 0. The van der Waals surface area contributed by atoms with E-state index in [1.165, 1.54) is 25.1 Å². The van der Waals surface area contributed by atoms with Gasteiger partial charge in [0.25, 0.3) is 0 Å². The molecular weight excluding hydrogens is 246 g/mol. The third-order valence-corrected chi connectivity index (χ3v) is 2.16. The second-order valence-electron chi connectivity index (χ2n) is 3.38. The van der Waals surface area contributed by atoms with Gasteiger partial charge in [-0.3, -0.25) is 0 Å². The quantitative estimate of drug-likeness (QED) is 0.806. The van der Waals surface area contributed by atoms with Crippen LogP contribution in [0.3, 0.4) is 0 Å². The average molecular weight is 258 g/mol. The molecule has 6 heteroatoms. The lowest BCUT2D eigenvalue weighted by molar-refractivity contribution is -0.138. The molecule has 1 aromatic rings. The standard InChI is InChI=1S/C10H11F4N.ClH/c1-6-7(3-2-4-8(6)11)9(15)5-10(12,13)14;/h2-4,9H,5,15H2,1H3;1H/t9-;/m1./s1. The van der Waals surface area contributed by atoms with Gasteiger partial charge in [0.1, 0.15) is 5.82 Å². The van der Waals surface area contributed by atoms with Crippen molar-refractivity contribution in [2.75, 3.05) is 0 Å². The van der Waals surface area contributed by atoms with Crippen molar-refractivity contribution in [2.24, 2.45) is 5.73 Å². The summed E-state index contributed by atoms with van der Waals surface area (Å²) in [4.78, 5) is 0. The van der Waals surface area contributed by atoms with Gasteiger partial charge in [-0.1, -0.05) is 12.1 Å². The fraction of sp³-hybridized carbons (Fsp3) is 0.400. The first kappa shape index (κ1) is 15.2. The maximum Gasteiger partial charge on any atom is 0.390 e. The fourth-order valence-electron chi connectivity index (χ4n) is 1.39. The largest absolute Gasteiger partial charge is 0.390 e. The van der Waals surface area contributed by atoms with Crippen LogP contribution in [-0.2, 0) is 0 Å².